The third-order valence-electron chi connectivity index (χ3n) is 4.24. The third-order valence-corrected chi connectivity index (χ3v) is 4.24. The maximum absolute atomic E-state index is 10.8. The average molecular weight is 200 g/mol. The Balaban J connectivity index is 2.20. The lowest BCUT2D eigenvalue weighted by Crippen LogP contribution is -2.33. The highest BCUT2D eigenvalue weighted by molar-refractivity contribution is 5.50. The van der Waals surface area contributed by atoms with Crippen molar-refractivity contribution < 1.29 is 5.11 Å². The van der Waals surface area contributed by atoms with Crippen molar-refractivity contribution in [1.82, 2.24) is 0 Å². The van der Waals surface area contributed by atoms with Gasteiger partial charge in [-0.15, -0.1) is 0 Å². The quantitative estimate of drug-likeness (QED) is 0.691. The standard InChI is InChI=1S/C14H16O/c1-9(2)14(15)12-7-8-13(14)11-6-4-3-5-10(11)12/h3-6,12-13,15H,1,7-8H2,2H3. The number of hydrogen-bond donors (Lipinski definition) is 1. The van der Waals surface area contributed by atoms with Gasteiger partial charge in [-0.2, -0.15) is 0 Å². The molecule has 1 nitrogen and oxygen atoms in total. The van der Waals surface area contributed by atoms with Gasteiger partial charge < -0.3 is 5.11 Å². The summed E-state index contributed by atoms with van der Waals surface area (Å²) < 4.78 is 0. The summed E-state index contributed by atoms with van der Waals surface area (Å²) in [7, 11) is 0. The summed E-state index contributed by atoms with van der Waals surface area (Å²) in [5.41, 5.74) is 2.95. The van der Waals surface area contributed by atoms with E-state index < -0.39 is 5.60 Å². The van der Waals surface area contributed by atoms with E-state index >= 15 is 0 Å². The topological polar surface area (TPSA) is 20.2 Å². The highest BCUT2D eigenvalue weighted by atomic mass is 16.3. The van der Waals surface area contributed by atoms with Gasteiger partial charge in [-0.1, -0.05) is 30.8 Å². The lowest BCUT2D eigenvalue weighted by molar-refractivity contribution is 0.0636. The van der Waals surface area contributed by atoms with Gasteiger partial charge in [-0.25, -0.2) is 0 Å². The fourth-order valence-electron chi connectivity index (χ4n) is 3.54. The van der Waals surface area contributed by atoms with Crippen molar-refractivity contribution in [1.29, 1.82) is 0 Å². The lowest BCUT2D eigenvalue weighted by atomic mass is 9.83. The van der Waals surface area contributed by atoms with E-state index in [0.717, 1.165) is 18.4 Å². The van der Waals surface area contributed by atoms with E-state index in [2.05, 4.69) is 30.8 Å². The SMILES string of the molecule is C=C(C)C1(O)C2CCC1c1ccccc12. The number of fused-ring (bicyclic) bond motifs is 5. The molecule has 0 heterocycles. The van der Waals surface area contributed by atoms with Crippen LogP contribution >= 0.6 is 0 Å². The molecule has 2 aliphatic rings. The van der Waals surface area contributed by atoms with Crippen LogP contribution in [-0.2, 0) is 0 Å². The van der Waals surface area contributed by atoms with Gasteiger partial charge in [0, 0.05) is 11.8 Å². The molecule has 0 spiro atoms. The number of rotatable bonds is 1. The molecule has 1 saturated carbocycles. The molecule has 0 amide bonds. The maximum atomic E-state index is 10.8. The Labute approximate surface area is 90.4 Å². The highest BCUT2D eigenvalue weighted by Gasteiger charge is 2.56. The first-order chi connectivity index (χ1) is 7.15. The Morgan fingerprint density at radius 3 is 2.13 bits per heavy atom. The van der Waals surface area contributed by atoms with Crippen LogP contribution in [0.2, 0.25) is 0 Å². The Bertz CT molecular complexity index is 402. The van der Waals surface area contributed by atoms with Crippen molar-refractivity contribution in [3.63, 3.8) is 0 Å². The Morgan fingerprint density at radius 2 is 1.73 bits per heavy atom. The number of hydrogen-bond acceptors (Lipinski definition) is 1. The normalized spacial score (nSPS) is 36.7. The van der Waals surface area contributed by atoms with Crippen LogP contribution in [0.3, 0.4) is 0 Å². The molecule has 15 heavy (non-hydrogen) atoms. The zero-order valence-electron chi connectivity index (χ0n) is 9.03. The van der Waals surface area contributed by atoms with E-state index in [4.69, 9.17) is 0 Å². The summed E-state index contributed by atoms with van der Waals surface area (Å²) in [6, 6.07) is 8.46. The fraction of sp³-hybridized carbons (Fsp3) is 0.429. The predicted molar refractivity (Wildman–Crippen MR) is 60.9 cm³/mol. The molecule has 3 rings (SSSR count). The van der Waals surface area contributed by atoms with Crippen molar-refractivity contribution in [2.24, 2.45) is 0 Å². The van der Waals surface area contributed by atoms with Crippen molar-refractivity contribution in [2.45, 2.75) is 37.2 Å². The molecule has 2 unspecified atom stereocenters. The second-order valence-corrected chi connectivity index (χ2v) is 4.92. The lowest BCUT2D eigenvalue weighted by Gasteiger charge is -2.29. The van der Waals surface area contributed by atoms with Crippen LogP contribution in [0.1, 0.15) is 42.7 Å². The van der Waals surface area contributed by atoms with Crippen molar-refractivity contribution in [2.75, 3.05) is 0 Å². The maximum Gasteiger partial charge on any atom is 0.0987 e. The smallest absolute Gasteiger partial charge is 0.0987 e. The fourth-order valence-corrected chi connectivity index (χ4v) is 3.54. The molecule has 1 aromatic carbocycles. The molecule has 2 aliphatic carbocycles. The summed E-state index contributed by atoms with van der Waals surface area (Å²) in [4.78, 5) is 0. The monoisotopic (exact) mass is 200 g/mol. The molecule has 0 aromatic heterocycles. The van der Waals surface area contributed by atoms with Crippen LogP contribution < -0.4 is 0 Å². The highest BCUT2D eigenvalue weighted by Crippen LogP contribution is 2.61. The second kappa shape index (κ2) is 2.73. The Morgan fingerprint density at radius 1 is 1.27 bits per heavy atom. The van der Waals surface area contributed by atoms with E-state index in [-0.39, 0.29) is 11.8 Å². The minimum Gasteiger partial charge on any atom is -0.384 e. The van der Waals surface area contributed by atoms with Crippen molar-refractivity contribution >= 4 is 0 Å². The van der Waals surface area contributed by atoms with E-state index in [1.807, 2.05) is 6.92 Å². The zero-order valence-corrected chi connectivity index (χ0v) is 9.03. The van der Waals surface area contributed by atoms with Crippen molar-refractivity contribution in [3.8, 4) is 0 Å². The third kappa shape index (κ3) is 0.920. The van der Waals surface area contributed by atoms with Gasteiger partial charge in [0.05, 0.1) is 5.60 Å². The summed E-state index contributed by atoms with van der Waals surface area (Å²) in [6.45, 7) is 5.94. The predicted octanol–water partition coefficient (Wildman–Crippen LogP) is 2.97. The molecule has 78 valence electrons. The molecule has 2 atom stereocenters. The van der Waals surface area contributed by atoms with Gasteiger partial charge >= 0.3 is 0 Å². The first kappa shape index (κ1) is 9.17. The Kier molecular flexibility index (Phi) is 1.67. The summed E-state index contributed by atoms with van der Waals surface area (Å²) in [6.07, 6.45) is 2.20. The van der Waals surface area contributed by atoms with Crippen LogP contribution in [-0.4, -0.2) is 10.7 Å². The minimum absolute atomic E-state index is 0.288. The van der Waals surface area contributed by atoms with Crippen molar-refractivity contribution in [3.05, 3.63) is 47.5 Å². The van der Waals surface area contributed by atoms with Gasteiger partial charge in [-0.3, -0.25) is 0 Å². The van der Waals surface area contributed by atoms with E-state index in [0.29, 0.717) is 0 Å². The molecule has 0 aliphatic heterocycles. The van der Waals surface area contributed by atoms with Gasteiger partial charge in [0.2, 0.25) is 0 Å². The summed E-state index contributed by atoms with van der Waals surface area (Å²) >= 11 is 0. The molecular weight excluding hydrogens is 184 g/mol. The van der Waals surface area contributed by atoms with E-state index in [1.54, 1.807) is 0 Å². The van der Waals surface area contributed by atoms with Crippen LogP contribution in [0.15, 0.2) is 36.4 Å². The van der Waals surface area contributed by atoms with Gasteiger partial charge in [0.1, 0.15) is 0 Å². The average Bonchev–Trinajstić information content (AvgIpc) is 2.70. The summed E-state index contributed by atoms with van der Waals surface area (Å²) in [5.74, 6) is 0.576. The molecular formula is C14H16O. The van der Waals surface area contributed by atoms with E-state index in [9.17, 15) is 5.11 Å². The first-order valence-corrected chi connectivity index (χ1v) is 5.63. The minimum atomic E-state index is -0.663. The van der Waals surface area contributed by atoms with Crippen LogP contribution in [0, 0.1) is 0 Å². The molecule has 1 heteroatoms. The molecule has 1 N–H and O–H groups in total. The largest absolute Gasteiger partial charge is 0.384 e. The van der Waals surface area contributed by atoms with Crippen LogP contribution in [0.4, 0.5) is 0 Å². The van der Waals surface area contributed by atoms with Gasteiger partial charge in [0.25, 0.3) is 0 Å². The van der Waals surface area contributed by atoms with E-state index in [1.165, 1.54) is 11.1 Å². The van der Waals surface area contributed by atoms with Gasteiger partial charge in [-0.05, 0) is 36.5 Å². The molecule has 1 fully saturated rings. The first-order valence-electron chi connectivity index (χ1n) is 5.63. The second-order valence-electron chi connectivity index (χ2n) is 4.92. The number of aliphatic hydroxyl groups is 1. The van der Waals surface area contributed by atoms with Gasteiger partial charge in [0.15, 0.2) is 0 Å². The zero-order chi connectivity index (χ0) is 10.6. The molecule has 0 radical (unpaired) electrons. The summed E-state index contributed by atoms with van der Waals surface area (Å²) in [5, 5.41) is 10.8. The number of benzene rings is 1. The molecule has 0 saturated heterocycles. The van der Waals surface area contributed by atoms with Crippen LogP contribution in [0.25, 0.3) is 0 Å². The van der Waals surface area contributed by atoms with Crippen LogP contribution in [0.5, 0.6) is 0 Å². The molecule has 1 aromatic rings. The Hall–Kier alpha value is -1.08. The molecule has 2 bridgehead atoms.